The lowest BCUT2D eigenvalue weighted by atomic mass is 10.00. The molecule has 1 saturated heterocycles. The average Bonchev–Trinajstić information content (AvgIpc) is 3.36. The van der Waals surface area contributed by atoms with E-state index in [2.05, 4.69) is 33.4 Å². The highest BCUT2D eigenvalue weighted by atomic mass is 35.5. The molecule has 0 saturated carbocycles. The second-order valence-electron chi connectivity index (χ2n) is 11.2. The predicted molar refractivity (Wildman–Crippen MR) is 162 cm³/mol. The minimum absolute atomic E-state index is 0.0314. The van der Waals surface area contributed by atoms with E-state index in [1.165, 1.54) is 11.3 Å². The highest BCUT2D eigenvalue weighted by molar-refractivity contribution is 6.31. The molecule has 1 aliphatic carbocycles. The summed E-state index contributed by atoms with van der Waals surface area (Å²) in [4.78, 5) is 37.2. The number of rotatable bonds is 5. The molecule has 0 radical (unpaired) electrons. The van der Waals surface area contributed by atoms with Crippen molar-refractivity contribution >= 4 is 34.9 Å². The van der Waals surface area contributed by atoms with Crippen LogP contribution < -0.4 is 10.2 Å². The van der Waals surface area contributed by atoms with Gasteiger partial charge in [0.15, 0.2) is 0 Å². The number of aromatic nitrogens is 1. The summed E-state index contributed by atoms with van der Waals surface area (Å²) in [6.07, 6.45) is 3.54. The number of hydrogen-bond donors (Lipinski definition) is 1. The molecule has 1 aliphatic heterocycles. The molecule has 40 heavy (non-hydrogen) atoms. The summed E-state index contributed by atoms with van der Waals surface area (Å²) < 4.78 is 0. The summed E-state index contributed by atoms with van der Waals surface area (Å²) >= 11 is 6.24. The highest BCUT2D eigenvalue weighted by Gasteiger charge is 2.31. The molecule has 1 atom stereocenters. The van der Waals surface area contributed by atoms with E-state index in [9.17, 15) is 9.59 Å². The summed E-state index contributed by atoms with van der Waals surface area (Å²) in [5.41, 5.74) is 7.82. The van der Waals surface area contributed by atoms with Crippen LogP contribution in [0.1, 0.15) is 63.7 Å². The minimum atomic E-state index is -0.196. The van der Waals surface area contributed by atoms with Gasteiger partial charge in [0.1, 0.15) is 0 Å². The number of benzene rings is 2. The van der Waals surface area contributed by atoms with Gasteiger partial charge in [-0.05, 0) is 99.5 Å². The average molecular weight is 560 g/mol. The van der Waals surface area contributed by atoms with E-state index in [0.29, 0.717) is 16.3 Å². The smallest absolute Gasteiger partial charge is 0.322 e. The number of nitrogens with zero attached hydrogens (tertiary/aromatic N) is 4. The molecule has 1 unspecified atom stereocenters. The Kier molecular flexibility index (Phi) is 8.04. The molecule has 1 fully saturated rings. The molecule has 8 heteroatoms. The van der Waals surface area contributed by atoms with E-state index in [1.807, 2.05) is 64.0 Å². The molecule has 1 N–H and O–H groups in total. The predicted octanol–water partition coefficient (Wildman–Crippen LogP) is 6.55. The normalized spacial score (nSPS) is 16.9. The summed E-state index contributed by atoms with van der Waals surface area (Å²) in [5, 5.41) is 3.58. The van der Waals surface area contributed by atoms with Crippen LogP contribution >= 0.6 is 11.6 Å². The SMILES string of the molecule is Cc1cc(N2CCC(N(C)C(=O)c3ccc4c(c3)C(N(C)C(=O)Nc3ccc(C)c(Cl)c3)CC4)CC2)cc(C)n1. The van der Waals surface area contributed by atoms with Crippen LogP contribution in [0.5, 0.6) is 0 Å². The van der Waals surface area contributed by atoms with Crippen molar-refractivity contribution in [2.45, 2.75) is 58.5 Å². The van der Waals surface area contributed by atoms with Crippen molar-refractivity contribution in [2.75, 3.05) is 37.4 Å². The van der Waals surface area contributed by atoms with Crippen molar-refractivity contribution in [3.63, 3.8) is 0 Å². The van der Waals surface area contributed by atoms with Gasteiger partial charge in [0, 0.05) is 66.6 Å². The number of piperidine rings is 1. The van der Waals surface area contributed by atoms with E-state index in [4.69, 9.17) is 11.6 Å². The number of halogens is 1. The van der Waals surface area contributed by atoms with Crippen molar-refractivity contribution in [3.05, 3.63) is 87.2 Å². The molecule has 7 nitrogen and oxygen atoms in total. The van der Waals surface area contributed by atoms with E-state index in [1.54, 1.807) is 11.0 Å². The Morgan fingerprint density at radius 2 is 1.62 bits per heavy atom. The van der Waals surface area contributed by atoms with Gasteiger partial charge in [-0.15, -0.1) is 0 Å². The van der Waals surface area contributed by atoms with Crippen molar-refractivity contribution in [2.24, 2.45) is 0 Å². The maximum atomic E-state index is 13.6. The van der Waals surface area contributed by atoms with Gasteiger partial charge < -0.3 is 20.0 Å². The molecule has 1 aromatic heterocycles. The van der Waals surface area contributed by atoms with Gasteiger partial charge in [0.05, 0.1) is 6.04 Å². The molecule has 210 valence electrons. The number of carbonyl (C=O) groups is 2. The van der Waals surface area contributed by atoms with Crippen LogP contribution in [0.3, 0.4) is 0 Å². The first kappa shape index (κ1) is 28.0. The number of urea groups is 1. The van der Waals surface area contributed by atoms with Crippen LogP contribution in [0.4, 0.5) is 16.2 Å². The van der Waals surface area contributed by atoms with Gasteiger partial charge in [-0.1, -0.05) is 23.7 Å². The fourth-order valence-corrected chi connectivity index (χ4v) is 6.20. The first-order chi connectivity index (χ1) is 19.1. The number of carbonyl (C=O) groups excluding carboxylic acids is 2. The molecule has 0 bridgehead atoms. The zero-order valence-electron chi connectivity index (χ0n) is 24.0. The molecule has 3 amide bonds. The first-order valence-electron chi connectivity index (χ1n) is 14.0. The van der Waals surface area contributed by atoms with Gasteiger partial charge in [-0.2, -0.15) is 0 Å². The Morgan fingerprint density at radius 3 is 2.30 bits per heavy atom. The van der Waals surface area contributed by atoms with Crippen molar-refractivity contribution < 1.29 is 9.59 Å². The van der Waals surface area contributed by atoms with Crippen LogP contribution in [0.25, 0.3) is 0 Å². The zero-order chi connectivity index (χ0) is 28.6. The molecule has 3 aromatic rings. The Balaban J connectivity index is 1.24. The largest absolute Gasteiger partial charge is 0.371 e. The molecule has 2 heterocycles. The zero-order valence-corrected chi connectivity index (χ0v) is 24.8. The summed E-state index contributed by atoms with van der Waals surface area (Å²) in [7, 11) is 3.73. The quantitative estimate of drug-likeness (QED) is 0.385. The van der Waals surface area contributed by atoms with E-state index in [-0.39, 0.29) is 24.0 Å². The Labute approximate surface area is 242 Å². The summed E-state index contributed by atoms with van der Waals surface area (Å²) in [5.74, 6) is 0.0314. The van der Waals surface area contributed by atoms with Crippen LogP contribution in [0.2, 0.25) is 5.02 Å². The molecule has 5 rings (SSSR count). The number of fused-ring (bicyclic) bond motifs is 1. The molecule has 2 aromatic carbocycles. The minimum Gasteiger partial charge on any atom is -0.371 e. The second kappa shape index (κ2) is 11.5. The topological polar surface area (TPSA) is 68.8 Å². The fourth-order valence-electron chi connectivity index (χ4n) is 6.02. The van der Waals surface area contributed by atoms with Crippen molar-refractivity contribution in [1.29, 1.82) is 0 Å². The maximum Gasteiger partial charge on any atom is 0.322 e. The maximum absolute atomic E-state index is 13.6. The van der Waals surface area contributed by atoms with Gasteiger partial charge in [-0.25, -0.2) is 4.79 Å². The number of pyridine rings is 1. The highest BCUT2D eigenvalue weighted by Crippen LogP contribution is 2.36. The fraction of sp³-hybridized carbons (Fsp3) is 0.406. The molecular weight excluding hydrogens is 522 g/mol. The van der Waals surface area contributed by atoms with Crippen molar-refractivity contribution in [3.8, 4) is 0 Å². The van der Waals surface area contributed by atoms with E-state index >= 15 is 0 Å². The van der Waals surface area contributed by atoms with Gasteiger partial charge in [0.25, 0.3) is 5.91 Å². The second-order valence-corrected chi connectivity index (χ2v) is 11.6. The van der Waals surface area contributed by atoms with Crippen LogP contribution in [-0.4, -0.2) is 59.9 Å². The third-order valence-electron chi connectivity index (χ3n) is 8.41. The van der Waals surface area contributed by atoms with Crippen molar-refractivity contribution in [1.82, 2.24) is 14.8 Å². The third kappa shape index (κ3) is 5.80. The lowest BCUT2D eigenvalue weighted by Gasteiger charge is -2.38. The number of nitrogens with one attached hydrogen (secondary N) is 1. The third-order valence-corrected chi connectivity index (χ3v) is 8.82. The molecule has 0 spiro atoms. The summed E-state index contributed by atoms with van der Waals surface area (Å²) in [6.45, 7) is 7.80. The molecular formula is C32H38ClN5O2. The summed E-state index contributed by atoms with van der Waals surface area (Å²) in [6, 6.07) is 15.7. The number of amides is 3. The van der Waals surface area contributed by atoms with Gasteiger partial charge in [0.2, 0.25) is 0 Å². The molecule has 2 aliphatic rings. The van der Waals surface area contributed by atoms with Crippen LogP contribution in [0.15, 0.2) is 48.5 Å². The van der Waals surface area contributed by atoms with Crippen LogP contribution in [-0.2, 0) is 6.42 Å². The van der Waals surface area contributed by atoms with Gasteiger partial charge in [-0.3, -0.25) is 9.78 Å². The van der Waals surface area contributed by atoms with Gasteiger partial charge >= 0.3 is 6.03 Å². The van der Waals surface area contributed by atoms with E-state index in [0.717, 1.165) is 61.3 Å². The Morgan fingerprint density at radius 1 is 0.925 bits per heavy atom. The first-order valence-corrected chi connectivity index (χ1v) is 14.4. The number of anilines is 2. The Bertz CT molecular complexity index is 1410. The Hall–Kier alpha value is -3.58. The van der Waals surface area contributed by atoms with Crippen LogP contribution in [0, 0.1) is 20.8 Å². The monoisotopic (exact) mass is 559 g/mol. The number of aryl methyl sites for hydroxylation is 4. The lowest BCUT2D eigenvalue weighted by Crippen LogP contribution is -2.45. The number of hydrogen-bond acceptors (Lipinski definition) is 4. The standard InChI is InChI=1S/C32H38ClN5O2/c1-20-6-10-25(19-29(20)33)35-32(40)37(5)30-11-9-23-7-8-24(18-28(23)30)31(39)36(4)26-12-14-38(15-13-26)27-16-21(2)34-22(3)17-27/h6-8,10,16-19,26,30H,9,11-15H2,1-5H3,(H,35,40). The van der Waals surface area contributed by atoms with E-state index < -0.39 is 0 Å². The lowest BCUT2D eigenvalue weighted by molar-refractivity contribution is 0.0709.